The predicted octanol–water partition coefficient (Wildman–Crippen LogP) is 2.16. The van der Waals surface area contributed by atoms with E-state index in [1.54, 1.807) is 4.90 Å². The quantitative estimate of drug-likeness (QED) is 0.533. The number of hydrogen-bond acceptors (Lipinski definition) is 2. The maximum absolute atomic E-state index is 11.6. The zero-order valence-corrected chi connectivity index (χ0v) is 9.43. The molecule has 0 saturated carbocycles. The molecule has 0 aliphatic heterocycles. The molecule has 3 heteroatoms. The summed E-state index contributed by atoms with van der Waals surface area (Å²) in [6, 6.07) is 0.229. The first-order chi connectivity index (χ1) is 5.37. The van der Waals surface area contributed by atoms with Crippen LogP contribution in [0.4, 0.5) is 0 Å². The lowest BCUT2D eigenvalue weighted by atomic mass is 10.1. The van der Waals surface area contributed by atoms with Crippen LogP contribution in [0.15, 0.2) is 0 Å². The topological polar surface area (TPSA) is 20.3 Å². The molecular weight excluding hydrogens is 170 g/mol. The zero-order valence-electron chi connectivity index (χ0n) is 8.53. The van der Waals surface area contributed by atoms with Gasteiger partial charge in [-0.1, -0.05) is 13.8 Å². The van der Waals surface area contributed by atoms with Crippen molar-refractivity contribution in [2.45, 2.75) is 46.0 Å². The van der Waals surface area contributed by atoms with Gasteiger partial charge in [-0.2, -0.15) is 12.6 Å². The van der Waals surface area contributed by atoms with E-state index in [-0.39, 0.29) is 23.2 Å². The van der Waals surface area contributed by atoms with Gasteiger partial charge in [0.2, 0.25) is 5.91 Å². The minimum atomic E-state index is -0.0000926. The Balaban J connectivity index is 4.41. The van der Waals surface area contributed by atoms with Crippen LogP contribution in [-0.4, -0.2) is 22.2 Å². The van der Waals surface area contributed by atoms with Crippen LogP contribution >= 0.6 is 12.6 Å². The van der Waals surface area contributed by atoms with Crippen molar-refractivity contribution in [2.75, 3.05) is 0 Å². The van der Waals surface area contributed by atoms with E-state index in [1.807, 2.05) is 34.6 Å². The molecule has 0 heterocycles. The molecule has 72 valence electrons. The standard InChI is InChI=1S/C9H19NOS/c1-6(2)9(11)10(7(3)4)8(5)12/h6-8,12H,1-5H3. The smallest absolute Gasteiger partial charge is 0.226 e. The summed E-state index contributed by atoms with van der Waals surface area (Å²) in [5.74, 6) is 0.231. The lowest BCUT2D eigenvalue weighted by Gasteiger charge is -2.31. The highest BCUT2D eigenvalue weighted by atomic mass is 32.1. The number of amides is 1. The molecule has 0 aliphatic rings. The van der Waals surface area contributed by atoms with Gasteiger partial charge in [0.25, 0.3) is 0 Å². The highest BCUT2D eigenvalue weighted by Crippen LogP contribution is 2.12. The molecule has 0 radical (unpaired) electrons. The number of rotatable bonds is 3. The van der Waals surface area contributed by atoms with E-state index in [0.29, 0.717) is 0 Å². The fourth-order valence-corrected chi connectivity index (χ4v) is 1.55. The van der Waals surface area contributed by atoms with Gasteiger partial charge >= 0.3 is 0 Å². The van der Waals surface area contributed by atoms with Gasteiger partial charge in [-0.25, -0.2) is 0 Å². The molecule has 0 N–H and O–H groups in total. The van der Waals surface area contributed by atoms with Crippen LogP contribution in [0.2, 0.25) is 0 Å². The van der Waals surface area contributed by atoms with Crippen molar-refractivity contribution < 1.29 is 4.79 Å². The third kappa shape index (κ3) is 3.05. The van der Waals surface area contributed by atoms with Gasteiger partial charge in [-0.05, 0) is 20.8 Å². The molecule has 0 aromatic carbocycles. The van der Waals surface area contributed by atoms with Crippen LogP contribution in [-0.2, 0) is 4.79 Å². The highest BCUT2D eigenvalue weighted by Gasteiger charge is 2.22. The van der Waals surface area contributed by atoms with Crippen molar-refractivity contribution in [3.8, 4) is 0 Å². The minimum Gasteiger partial charge on any atom is -0.329 e. The van der Waals surface area contributed by atoms with Gasteiger partial charge in [0.1, 0.15) is 0 Å². The number of nitrogens with zero attached hydrogens (tertiary/aromatic N) is 1. The Hall–Kier alpha value is -0.180. The van der Waals surface area contributed by atoms with Crippen molar-refractivity contribution >= 4 is 18.5 Å². The van der Waals surface area contributed by atoms with Crippen molar-refractivity contribution in [1.82, 2.24) is 4.90 Å². The number of hydrogen-bond donors (Lipinski definition) is 1. The van der Waals surface area contributed by atoms with Gasteiger partial charge in [-0.3, -0.25) is 4.79 Å². The van der Waals surface area contributed by atoms with E-state index >= 15 is 0 Å². The predicted molar refractivity (Wildman–Crippen MR) is 55.3 cm³/mol. The normalized spacial score (nSPS) is 13.7. The average molecular weight is 189 g/mol. The largest absolute Gasteiger partial charge is 0.329 e. The average Bonchev–Trinajstić information content (AvgIpc) is 1.85. The summed E-state index contributed by atoms with van der Waals surface area (Å²) in [6.07, 6.45) is 0. The molecule has 0 bridgehead atoms. The summed E-state index contributed by atoms with van der Waals surface area (Å²) >= 11 is 4.27. The van der Waals surface area contributed by atoms with E-state index < -0.39 is 0 Å². The van der Waals surface area contributed by atoms with E-state index in [9.17, 15) is 4.79 Å². The SMILES string of the molecule is CC(C)C(=O)N(C(C)C)C(C)S. The van der Waals surface area contributed by atoms with Crippen LogP contribution in [0.25, 0.3) is 0 Å². The van der Waals surface area contributed by atoms with E-state index in [2.05, 4.69) is 12.6 Å². The second-order valence-corrected chi connectivity index (χ2v) is 4.37. The monoisotopic (exact) mass is 189 g/mol. The third-order valence-corrected chi connectivity index (χ3v) is 1.96. The molecule has 1 atom stereocenters. The third-order valence-electron chi connectivity index (χ3n) is 1.71. The van der Waals surface area contributed by atoms with Crippen LogP contribution in [0.1, 0.15) is 34.6 Å². The Morgan fingerprint density at radius 1 is 1.17 bits per heavy atom. The van der Waals surface area contributed by atoms with Crippen molar-refractivity contribution in [2.24, 2.45) is 5.92 Å². The van der Waals surface area contributed by atoms with E-state index in [4.69, 9.17) is 0 Å². The lowest BCUT2D eigenvalue weighted by Crippen LogP contribution is -2.43. The van der Waals surface area contributed by atoms with E-state index in [0.717, 1.165) is 0 Å². The van der Waals surface area contributed by atoms with Crippen LogP contribution in [0.3, 0.4) is 0 Å². The molecule has 0 fully saturated rings. The number of carbonyl (C=O) groups is 1. The minimum absolute atomic E-state index is 0.0000926. The molecule has 0 spiro atoms. The first-order valence-electron chi connectivity index (χ1n) is 4.38. The molecule has 0 aromatic rings. The van der Waals surface area contributed by atoms with Gasteiger partial charge < -0.3 is 4.90 Å². The molecular formula is C9H19NOS. The summed E-state index contributed by atoms with van der Waals surface area (Å²) in [7, 11) is 0. The molecule has 0 aromatic heterocycles. The maximum Gasteiger partial charge on any atom is 0.226 e. The Labute approximate surface area is 80.7 Å². The lowest BCUT2D eigenvalue weighted by molar-refractivity contribution is -0.136. The maximum atomic E-state index is 11.6. The fraction of sp³-hybridized carbons (Fsp3) is 0.889. The van der Waals surface area contributed by atoms with Crippen LogP contribution in [0, 0.1) is 5.92 Å². The zero-order chi connectivity index (χ0) is 9.89. The van der Waals surface area contributed by atoms with Crippen molar-refractivity contribution in [3.63, 3.8) is 0 Å². The van der Waals surface area contributed by atoms with Crippen LogP contribution < -0.4 is 0 Å². The Morgan fingerprint density at radius 2 is 1.58 bits per heavy atom. The second kappa shape index (κ2) is 4.75. The molecule has 2 nitrogen and oxygen atoms in total. The van der Waals surface area contributed by atoms with Crippen molar-refractivity contribution in [1.29, 1.82) is 0 Å². The summed E-state index contributed by atoms with van der Waals surface area (Å²) < 4.78 is 0. The number of carbonyl (C=O) groups excluding carboxylic acids is 1. The summed E-state index contributed by atoms with van der Waals surface area (Å²) in [6.45, 7) is 9.76. The summed E-state index contributed by atoms with van der Waals surface area (Å²) in [5, 5.41) is -0.0000926. The van der Waals surface area contributed by atoms with Gasteiger partial charge in [0, 0.05) is 12.0 Å². The molecule has 0 saturated heterocycles. The molecule has 12 heavy (non-hydrogen) atoms. The molecule has 0 aliphatic carbocycles. The van der Waals surface area contributed by atoms with Gasteiger partial charge in [0.15, 0.2) is 0 Å². The van der Waals surface area contributed by atoms with Crippen LogP contribution in [0.5, 0.6) is 0 Å². The summed E-state index contributed by atoms with van der Waals surface area (Å²) in [5.41, 5.74) is 0. The second-order valence-electron chi connectivity index (χ2n) is 3.63. The molecule has 1 amide bonds. The van der Waals surface area contributed by atoms with Gasteiger partial charge in [0.05, 0.1) is 5.37 Å². The number of thiol groups is 1. The highest BCUT2D eigenvalue weighted by molar-refractivity contribution is 7.80. The van der Waals surface area contributed by atoms with Gasteiger partial charge in [-0.15, -0.1) is 0 Å². The molecule has 0 rings (SSSR count). The van der Waals surface area contributed by atoms with E-state index in [1.165, 1.54) is 0 Å². The Bertz CT molecular complexity index is 147. The first kappa shape index (κ1) is 11.8. The summed E-state index contributed by atoms with van der Waals surface area (Å²) in [4.78, 5) is 13.4. The fourth-order valence-electron chi connectivity index (χ4n) is 1.17. The first-order valence-corrected chi connectivity index (χ1v) is 4.89. The van der Waals surface area contributed by atoms with Crippen molar-refractivity contribution in [3.05, 3.63) is 0 Å². The molecule has 1 unspecified atom stereocenters. The Morgan fingerprint density at radius 3 is 1.67 bits per heavy atom. The Kier molecular flexibility index (Phi) is 4.68.